The molecule has 4 saturated carbocycles. The molecule has 6 rings (SSSR count). The van der Waals surface area contributed by atoms with Crippen LogP contribution >= 0.6 is 11.8 Å². The van der Waals surface area contributed by atoms with Gasteiger partial charge in [-0.3, -0.25) is 9.59 Å². The number of fused-ring (bicyclic) bond motifs is 1. The van der Waals surface area contributed by atoms with Gasteiger partial charge in [0.1, 0.15) is 5.60 Å². The standard InChI is InChI=1S/C23H25F3O3S/c1-12-3-4-15-11-22(30-23(24,25)26,19(27)18(15)5-12)20(28)29-21(2)16-7-13-6-14(9-16)10-17(21)8-13/h3-5,13-14,16-17H,6-11H2,1-2H3. The number of rotatable bonds is 3. The third-order valence-corrected chi connectivity index (χ3v) is 9.08. The number of carbonyl (C=O) groups is 2. The Morgan fingerprint density at radius 1 is 1.10 bits per heavy atom. The summed E-state index contributed by atoms with van der Waals surface area (Å²) in [5, 5.41) is 0. The van der Waals surface area contributed by atoms with E-state index < -0.39 is 39.4 Å². The molecule has 0 saturated heterocycles. The first-order valence-corrected chi connectivity index (χ1v) is 11.5. The molecule has 5 aliphatic rings. The van der Waals surface area contributed by atoms with Crippen molar-refractivity contribution in [3.05, 3.63) is 34.9 Å². The summed E-state index contributed by atoms with van der Waals surface area (Å²) in [4.78, 5) is 26.7. The first-order chi connectivity index (χ1) is 14.0. The number of Topliss-reactive ketones (excluding diaryl/α,β-unsaturated/α-hetero) is 1. The fourth-order valence-corrected chi connectivity index (χ4v) is 7.63. The lowest BCUT2D eigenvalue weighted by Crippen LogP contribution is -2.60. The molecule has 5 aliphatic carbocycles. The van der Waals surface area contributed by atoms with Crippen LogP contribution in [0, 0.1) is 30.6 Å². The number of benzene rings is 1. The molecule has 1 atom stereocenters. The quantitative estimate of drug-likeness (QED) is 0.463. The maximum absolute atomic E-state index is 13.6. The molecular formula is C23H25F3O3S. The normalized spacial score (nSPS) is 39.3. The van der Waals surface area contributed by atoms with Crippen LogP contribution in [-0.2, 0) is 16.0 Å². The molecular weight excluding hydrogens is 413 g/mol. The summed E-state index contributed by atoms with van der Waals surface area (Å²) in [6.45, 7) is 3.67. The molecule has 0 aliphatic heterocycles. The third kappa shape index (κ3) is 3.02. The number of ether oxygens (including phenoxy) is 1. The largest absolute Gasteiger partial charge is 0.457 e. The summed E-state index contributed by atoms with van der Waals surface area (Å²) in [5.41, 5.74) is -4.05. The number of halogens is 3. The number of aryl methyl sites for hydroxylation is 1. The Morgan fingerprint density at radius 2 is 1.70 bits per heavy atom. The first kappa shape index (κ1) is 20.4. The maximum atomic E-state index is 13.6. The van der Waals surface area contributed by atoms with Gasteiger partial charge in [0.15, 0.2) is 10.5 Å². The minimum atomic E-state index is -4.73. The molecule has 1 unspecified atom stereocenters. The summed E-state index contributed by atoms with van der Waals surface area (Å²) >= 11 is -0.509. The average Bonchev–Trinajstić information content (AvgIpc) is 2.91. The SMILES string of the molecule is Cc1ccc2c(c1)C(=O)C(SC(F)(F)F)(C(=O)OC1(C)C3CC4CC(C3)CC1C4)C2. The van der Waals surface area contributed by atoms with Crippen molar-refractivity contribution in [1.82, 2.24) is 0 Å². The van der Waals surface area contributed by atoms with Gasteiger partial charge < -0.3 is 4.74 Å². The van der Waals surface area contributed by atoms with Crippen LogP contribution < -0.4 is 0 Å². The monoisotopic (exact) mass is 438 g/mol. The van der Waals surface area contributed by atoms with Gasteiger partial charge in [0, 0.05) is 12.0 Å². The predicted octanol–water partition coefficient (Wildman–Crippen LogP) is 5.48. The van der Waals surface area contributed by atoms with E-state index in [1.807, 2.05) is 6.92 Å². The smallest absolute Gasteiger partial charge is 0.443 e. The highest BCUT2D eigenvalue weighted by Gasteiger charge is 2.63. The highest BCUT2D eigenvalue weighted by molar-refractivity contribution is 8.03. The molecule has 0 aromatic heterocycles. The maximum Gasteiger partial charge on any atom is 0.443 e. The molecule has 0 amide bonds. The zero-order valence-electron chi connectivity index (χ0n) is 17.1. The predicted molar refractivity (Wildman–Crippen MR) is 107 cm³/mol. The molecule has 3 nitrogen and oxygen atoms in total. The van der Waals surface area contributed by atoms with Crippen molar-refractivity contribution in [2.24, 2.45) is 23.7 Å². The summed E-state index contributed by atoms with van der Waals surface area (Å²) in [7, 11) is 0. The molecule has 1 aromatic carbocycles. The van der Waals surface area contributed by atoms with Crippen LogP contribution in [0.1, 0.15) is 60.5 Å². The molecule has 4 bridgehead atoms. The lowest BCUT2D eigenvalue weighted by Gasteiger charge is -2.59. The fourth-order valence-electron chi connectivity index (χ4n) is 6.68. The first-order valence-electron chi connectivity index (χ1n) is 10.6. The Labute approximate surface area is 178 Å². The lowest BCUT2D eigenvalue weighted by molar-refractivity contribution is -0.204. The zero-order valence-corrected chi connectivity index (χ0v) is 17.9. The van der Waals surface area contributed by atoms with Gasteiger partial charge in [-0.2, -0.15) is 13.2 Å². The van der Waals surface area contributed by atoms with Gasteiger partial charge >= 0.3 is 11.5 Å². The van der Waals surface area contributed by atoms with Crippen molar-refractivity contribution < 1.29 is 27.5 Å². The van der Waals surface area contributed by atoms with E-state index >= 15 is 0 Å². The molecule has 0 heterocycles. The average molecular weight is 439 g/mol. The van der Waals surface area contributed by atoms with Crippen molar-refractivity contribution >= 4 is 23.5 Å². The molecule has 162 valence electrons. The molecule has 0 radical (unpaired) electrons. The number of esters is 1. The van der Waals surface area contributed by atoms with Crippen LogP contribution in [0.5, 0.6) is 0 Å². The minimum Gasteiger partial charge on any atom is -0.457 e. The molecule has 0 spiro atoms. The van der Waals surface area contributed by atoms with Gasteiger partial charge in [-0.1, -0.05) is 17.7 Å². The van der Waals surface area contributed by atoms with E-state index in [-0.39, 0.29) is 23.8 Å². The highest BCUT2D eigenvalue weighted by Crippen LogP contribution is 2.60. The second-order valence-electron chi connectivity index (χ2n) is 9.92. The molecule has 0 N–H and O–H groups in total. The van der Waals surface area contributed by atoms with E-state index in [1.165, 1.54) is 6.42 Å². The van der Waals surface area contributed by atoms with Crippen molar-refractivity contribution in [3.63, 3.8) is 0 Å². The summed E-state index contributed by atoms with van der Waals surface area (Å²) in [5.74, 6) is -0.172. The number of thioether (sulfide) groups is 1. The van der Waals surface area contributed by atoms with Crippen LogP contribution in [0.3, 0.4) is 0 Å². The number of carbonyl (C=O) groups excluding carboxylic acids is 2. The molecule has 4 fully saturated rings. The van der Waals surface area contributed by atoms with Crippen molar-refractivity contribution in [1.29, 1.82) is 0 Å². The van der Waals surface area contributed by atoms with E-state index in [0.29, 0.717) is 17.4 Å². The van der Waals surface area contributed by atoms with Crippen LogP contribution in [0.4, 0.5) is 13.2 Å². The topological polar surface area (TPSA) is 43.4 Å². The Kier molecular flexibility index (Phi) is 4.42. The number of hydrogen-bond donors (Lipinski definition) is 0. The Bertz CT molecular complexity index is 897. The number of alkyl halides is 3. The van der Waals surface area contributed by atoms with Gasteiger partial charge in [-0.15, -0.1) is 0 Å². The van der Waals surface area contributed by atoms with E-state index in [1.54, 1.807) is 25.1 Å². The van der Waals surface area contributed by atoms with Crippen molar-refractivity contribution in [3.8, 4) is 0 Å². The molecule has 30 heavy (non-hydrogen) atoms. The van der Waals surface area contributed by atoms with Gasteiger partial charge in [0.05, 0.1) is 0 Å². The Morgan fingerprint density at radius 3 is 2.27 bits per heavy atom. The van der Waals surface area contributed by atoms with E-state index in [4.69, 9.17) is 4.74 Å². The summed E-state index contributed by atoms with van der Waals surface area (Å²) < 4.78 is 44.4. The second-order valence-corrected chi connectivity index (χ2v) is 11.3. The van der Waals surface area contributed by atoms with Crippen molar-refractivity contribution in [2.75, 3.05) is 0 Å². The van der Waals surface area contributed by atoms with E-state index in [9.17, 15) is 22.8 Å². The van der Waals surface area contributed by atoms with Gasteiger partial charge in [-0.25, -0.2) is 0 Å². The Hall–Kier alpha value is -1.50. The minimum absolute atomic E-state index is 0.173. The Balaban J connectivity index is 1.49. The van der Waals surface area contributed by atoms with Gasteiger partial charge in [-0.05, 0) is 93.0 Å². The van der Waals surface area contributed by atoms with Crippen LogP contribution in [0.2, 0.25) is 0 Å². The van der Waals surface area contributed by atoms with E-state index in [0.717, 1.165) is 31.2 Å². The molecule has 1 aromatic rings. The number of hydrogen-bond acceptors (Lipinski definition) is 4. The van der Waals surface area contributed by atoms with Gasteiger partial charge in [0.25, 0.3) is 0 Å². The highest BCUT2D eigenvalue weighted by atomic mass is 32.2. The molecule has 7 heteroatoms. The number of ketones is 1. The van der Waals surface area contributed by atoms with Crippen LogP contribution in [0.25, 0.3) is 0 Å². The zero-order chi connectivity index (χ0) is 21.5. The lowest BCUT2D eigenvalue weighted by atomic mass is 9.50. The van der Waals surface area contributed by atoms with Gasteiger partial charge in [0.2, 0.25) is 0 Å². The van der Waals surface area contributed by atoms with Crippen molar-refractivity contribution in [2.45, 2.75) is 68.2 Å². The van der Waals surface area contributed by atoms with Crippen LogP contribution in [-0.4, -0.2) is 27.6 Å². The van der Waals surface area contributed by atoms with E-state index in [2.05, 4.69) is 0 Å². The fraction of sp³-hybridized carbons (Fsp3) is 0.652. The summed E-state index contributed by atoms with van der Waals surface area (Å²) in [6, 6.07) is 4.98. The summed E-state index contributed by atoms with van der Waals surface area (Å²) in [6.07, 6.45) is 4.79. The van der Waals surface area contributed by atoms with Crippen LogP contribution in [0.15, 0.2) is 18.2 Å². The second kappa shape index (κ2) is 6.50. The third-order valence-electron chi connectivity index (χ3n) is 8.01.